The van der Waals surface area contributed by atoms with E-state index < -0.39 is 16.8 Å². The van der Waals surface area contributed by atoms with Crippen LogP contribution in [0.3, 0.4) is 0 Å². The zero-order chi connectivity index (χ0) is 11.7. The lowest BCUT2D eigenvalue weighted by atomic mass is 9.96. The van der Waals surface area contributed by atoms with Crippen molar-refractivity contribution >= 4 is 11.7 Å². The summed E-state index contributed by atoms with van der Waals surface area (Å²) < 4.78 is 5.23. The minimum Gasteiger partial charge on any atom is -0.492 e. The van der Waals surface area contributed by atoms with E-state index in [1.54, 1.807) is 0 Å². The zero-order valence-electron chi connectivity index (χ0n) is 8.25. The molecular formula is C10H9NO5. The van der Waals surface area contributed by atoms with Gasteiger partial charge < -0.3 is 9.84 Å². The first-order valence-corrected chi connectivity index (χ1v) is 4.71. The molecule has 1 aliphatic heterocycles. The average molecular weight is 223 g/mol. The first-order valence-electron chi connectivity index (χ1n) is 4.71. The summed E-state index contributed by atoms with van der Waals surface area (Å²) in [4.78, 5) is 20.8. The number of nitro benzene ring substituents is 1. The monoisotopic (exact) mass is 223 g/mol. The summed E-state index contributed by atoms with van der Waals surface area (Å²) in [5, 5.41) is 19.4. The van der Waals surface area contributed by atoms with E-state index in [0.717, 1.165) is 0 Å². The van der Waals surface area contributed by atoms with Crippen molar-refractivity contribution in [2.75, 3.05) is 6.61 Å². The molecule has 1 heterocycles. The van der Waals surface area contributed by atoms with E-state index in [1.807, 2.05) is 0 Å². The quantitative estimate of drug-likeness (QED) is 0.601. The van der Waals surface area contributed by atoms with Crippen molar-refractivity contribution < 1.29 is 19.6 Å². The Morgan fingerprint density at radius 2 is 2.31 bits per heavy atom. The van der Waals surface area contributed by atoms with Gasteiger partial charge in [-0.2, -0.15) is 0 Å². The van der Waals surface area contributed by atoms with Gasteiger partial charge in [-0.25, -0.2) is 0 Å². The molecule has 0 saturated carbocycles. The molecule has 0 saturated heterocycles. The molecule has 16 heavy (non-hydrogen) atoms. The van der Waals surface area contributed by atoms with Crippen LogP contribution in [0, 0.1) is 16.0 Å². The maximum atomic E-state index is 10.8. The summed E-state index contributed by atoms with van der Waals surface area (Å²) in [6.07, 6.45) is 0.270. The minimum absolute atomic E-state index is 0.0478. The van der Waals surface area contributed by atoms with Gasteiger partial charge in [0, 0.05) is 17.7 Å². The molecule has 0 aromatic heterocycles. The number of hydrogen-bond donors (Lipinski definition) is 1. The Morgan fingerprint density at radius 1 is 1.56 bits per heavy atom. The molecule has 2 rings (SSSR count). The molecule has 0 amide bonds. The van der Waals surface area contributed by atoms with Crippen LogP contribution in [0.4, 0.5) is 5.69 Å². The lowest BCUT2D eigenvalue weighted by molar-refractivity contribution is -0.385. The molecule has 0 spiro atoms. The zero-order valence-corrected chi connectivity index (χ0v) is 8.25. The third kappa shape index (κ3) is 1.81. The van der Waals surface area contributed by atoms with Crippen LogP contribution >= 0.6 is 0 Å². The lowest BCUT2D eigenvalue weighted by Crippen LogP contribution is -2.27. The molecule has 1 aromatic rings. The summed E-state index contributed by atoms with van der Waals surface area (Å²) in [6.45, 7) is 0.111. The van der Waals surface area contributed by atoms with Gasteiger partial charge >= 0.3 is 5.97 Å². The summed E-state index contributed by atoms with van der Waals surface area (Å²) in [5.41, 5.74) is 0.529. The molecule has 0 bridgehead atoms. The molecule has 0 fully saturated rings. The van der Waals surface area contributed by atoms with Gasteiger partial charge in [0.05, 0.1) is 10.8 Å². The van der Waals surface area contributed by atoms with Gasteiger partial charge in [0.2, 0.25) is 0 Å². The Balaban J connectivity index is 2.32. The highest BCUT2D eigenvalue weighted by molar-refractivity contribution is 5.71. The minimum atomic E-state index is -0.947. The van der Waals surface area contributed by atoms with Crippen molar-refractivity contribution in [2.24, 2.45) is 5.92 Å². The SMILES string of the molecule is O=C(O)[C@H]1COc2ccc([N+](=O)[O-])cc2C1. The van der Waals surface area contributed by atoms with Crippen LogP contribution in [-0.2, 0) is 11.2 Å². The van der Waals surface area contributed by atoms with E-state index in [-0.39, 0.29) is 18.7 Å². The second kappa shape index (κ2) is 3.80. The molecule has 1 aliphatic rings. The molecule has 6 heteroatoms. The number of ether oxygens (including phenoxy) is 1. The molecule has 0 unspecified atom stereocenters. The number of nitrogens with zero attached hydrogens (tertiary/aromatic N) is 1. The number of non-ortho nitro benzene ring substituents is 1. The molecule has 1 aromatic carbocycles. The Hall–Kier alpha value is -2.11. The van der Waals surface area contributed by atoms with Crippen LogP contribution in [0.1, 0.15) is 5.56 Å². The Kier molecular flexibility index (Phi) is 2.47. The predicted molar refractivity (Wildman–Crippen MR) is 53.4 cm³/mol. The van der Waals surface area contributed by atoms with Crippen LogP contribution in [-0.4, -0.2) is 22.6 Å². The Morgan fingerprint density at radius 3 is 2.94 bits per heavy atom. The van der Waals surface area contributed by atoms with Gasteiger partial charge in [0.1, 0.15) is 12.4 Å². The van der Waals surface area contributed by atoms with E-state index in [2.05, 4.69) is 0 Å². The predicted octanol–water partition coefficient (Wildman–Crippen LogP) is 1.23. The van der Waals surface area contributed by atoms with E-state index in [9.17, 15) is 14.9 Å². The number of hydrogen-bond acceptors (Lipinski definition) is 4. The second-order valence-electron chi connectivity index (χ2n) is 3.60. The Labute approximate surface area is 90.6 Å². The van der Waals surface area contributed by atoms with Crippen LogP contribution in [0.5, 0.6) is 5.75 Å². The van der Waals surface area contributed by atoms with E-state index >= 15 is 0 Å². The van der Waals surface area contributed by atoms with Gasteiger partial charge in [0.25, 0.3) is 5.69 Å². The van der Waals surface area contributed by atoms with Crippen LogP contribution in [0.2, 0.25) is 0 Å². The highest BCUT2D eigenvalue weighted by Crippen LogP contribution is 2.30. The maximum absolute atomic E-state index is 10.8. The van der Waals surface area contributed by atoms with Gasteiger partial charge in [-0.3, -0.25) is 14.9 Å². The fourth-order valence-corrected chi connectivity index (χ4v) is 1.65. The molecule has 1 atom stereocenters. The highest BCUT2D eigenvalue weighted by atomic mass is 16.6. The summed E-state index contributed by atoms with van der Waals surface area (Å²) in [6, 6.07) is 4.22. The number of fused-ring (bicyclic) bond motifs is 1. The summed E-state index contributed by atoms with van der Waals surface area (Å²) in [5.74, 6) is -1.05. The smallest absolute Gasteiger partial charge is 0.310 e. The third-order valence-electron chi connectivity index (χ3n) is 2.51. The van der Waals surface area contributed by atoms with Crippen molar-refractivity contribution in [2.45, 2.75) is 6.42 Å². The largest absolute Gasteiger partial charge is 0.492 e. The van der Waals surface area contributed by atoms with Crippen LogP contribution in [0.25, 0.3) is 0 Å². The number of benzene rings is 1. The first-order chi connectivity index (χ1) is 7.58. The average Bonchev–Trinajstić information content (AvgIpc) is 2.27. The van der Waals surface area contributed by atoms with Gasteiger partial charge in [-0.1, -0.05) is 0 Å². The van der Waals surface area contributed by atoms with Gasteiger partial charge in [0.15, 0.2) is 0 Å². The molecule has 0 aliphatic carbocycles. The van der Waals surface area contributed by atoms with Crippen molar-refractivity contribution in [3.8, 4) is 5.75 Å². The molecule has 84 valence electrons. The molecular weight excluding hydrogens is 214 g/mol. The summed E-state index contributed by atoms with van der Waals surface area (Å²) in [7, 11) is 0. The standard InChI is InChI=1S/C10H9NO5/c12-10(13)7-3-6-4-8(11(14)15)1-2-9(6)16-5-7/h1-2,4,7H,3,5H2,(H,12,13)/t7-/m1/s1. The van der Waals surface area contributed by atoms with E-state index in [4.69, 9.17) is 9.84 Å². The number of rotatable bonds is 2. The van der Waals surface area contributed by atoms with Crippen molar-refractivity contribution in [3.63, 3.8) is 0 Å². The second-order valence-corrected chi connectivity index (χ2v) is 3.60. The number of aliphatic carboxylic acids is 1. The van der Waals surface area contributed by atoms with Gasteiger partial charge in [-0.05, 0) is 12.5 Å². The van der Waals surface area contributed by atoms with Crippen molar-refractivity contribution in [3.05, 3.63) is 33.9 Å². The fourth-order valence-electron chi connectivity index (χ4n) is 1.65. The van der Waals surface area contributed by atoms with Crippen LogP contribution < -0.4 is 4.74 Å². The lowest BCUT2D eigenvalue weighted by Gasteiger charge is -2.21. The maximum Gasteiger partial charge on any atom is 0.310 e. The topological polar surface area (TPSA) is 89.7 Å². The van der Waals surface area contributed by atoms with Gasteiger partial charge in [-0.15, -0.1) is 0 Å². The van der Waals surface area contributed by atoms with Crippen LogP contribution in [0.15, 0.2) is 18.2 Å². The molecule has 0 radical (unpaired) electrons. The van der Waals surface area contributed by atoms with Crippen molar-refractivity contribution in [1.29, 1.82) is 0 Å². The number of carbonyl (C=O) groups is 1. The number of carboxylic acid groups (broad SMARTS) is 1. The van der Waals surface area contributed by atoms with E-state index in [1.165, 1.54) is 18.2 Å². The molecule has 1 N–H and O–H groups in total. The highest BCUT2D eigenvalue weighted by Gasteiger charge is 2.26. The van der Waals surface area contributed by atoms with Crippen molar-refractivity contribution in [1.82, 2.24) is 0 Å². The van der Waals surface area contributed by atoms with E-state index in [0.29, 0.717) is 11.3 Å². The Bertz CT molecular complexity index is 457. The third-order valence-corrected chi connectivity index (χ3v) is 2.51. The summed E-state index contributed by atoms with van der Waals surface area (Å²) >= 11 is 0. The molecule has 6 nitrogen and oxygen atoms in total. The first kappa shape index (κ1) is 10.4. The fraction of sp³-hybridized carbons (Fsp3) is 0.300. The number of carboxylic acids is 1. The number of nitro groups is 1. The normalized spacial score (nSPS) is 18.4.